The van der Waals surface area contributed by atoms with Gasteiger partial charge in [-0.2, -0.15) is 0 Å². The molecule has 0 fully saturated rings. The molecule has 0 aromatic heterocycles. The number of aliphatic hydroxyl groups is 1. The van der Waals surface area contributed by atoms with Crippen molar-refractivity contribution in [3.63, 3.8) is 0 Å². The summed E-state index contributed by atoms with van der Waals surface area (Å²) in [4.78, 5) is 10.8. The summed E-state index contributed by atoms with van der Waals surface area (Å²) in [6.45, 7) is 0. The number of carbonyl (C=O) groups excluding carboxylic acids is 1. The lowest BCUT2D eigenvalue weighted by molar-refractivity contribution is -0.0790. The third-order valence-corrected chi connectivity index (χ3v) is 1.77. The van der Waals surface area contributed by atoms with Crippen LogP contribution in [0.5, 0.6) is 0 Å². The van der Waals surface area contributed by atoms with Crippen molar-refractivity contribution in [2.75, 3.05) is 7.11 Å². The van der Waals surface area contributed by atoms with Crippen molar-refractivity contribution < 1.29 is 19.0 Å². The number of hydrogen-bond acceptors (Lipinski definition) is 3. The van der Waals surface area contributed by atoms with E-state index in [-0.39, 0.29) is 11.1 Å². The van der Waals surface area contributed by atoms with E-state index in [0.29, 0.717) is 0 Å². The van der Waals surface area contributed by atoms with Gasteiger partial charge in [0, 0.05) is 18.2 Å². The number of carbonyl (C=O) groups is 1. The Bertz CT molecular complexity index is 354. The lowest BCUT2D eigenvalue weighted by Crippen LogP contribution is -2.13. The molecule has 1 atom stereocenters. The normalized spacial score (nSPS) is 12.5. The van der Waals surface area contributed by atoms with Gasteiger partial charge in [-0.1, -0.05) is 0 Å². The molecule has 0 saturated heterocycles. The molecule has 0 heterocycles. The number of primary amides is 1. The van der Waals surface area contributed by atoms with Crippen molar-refractivity contribution in [3.05, 3.63) is 35.1 Å². The van der Waals surface area contributed by atoms with E-state index in [1.807, 2.05) is 0 Å². The van der Waals surface area contributed by atoms with Crippen molar-refractivity contribution in [1.82, 2.24) is 0 Å². The van der Waals surface area contributed by atoms with E-state index in [1.54, 1.807) is 0 Å². The minimum Gasteiger partial charge on any atom is -0.366 e. The van der Waals surface area contributed by atoms with E-state index in [2.05, 4.69) is 4.74 Å². The molecule has 0 saturated carbocycles. The average molecular weight is 199 g/mol. The van der Waals surface area contributed by atoms with Crippen LogP contribution >= 0.6 is 0 Å². The predicted octanol–water partition coefficient (Wildman–Crippen LogP) is 0.562. The maximum atomic E-state index is 13.1. The Hall–Kier alpha value is -1.46. The summed E-state index contributed by atoms with van der Waals surface area (Å²) in [6.07, 6.45) is -1.39. The van der Waals surface area contributed by atoms with Crippen molar-refractivity contribution in [1.29, 1.82) is 0 Å². The van der Waals surface area contributed by atoms with Gasteiger partial charge in [-0.05, 0) is 18.2 Å². The first-order chi connectivity index (χ1) is 6.56. The monoisotopic (exact) mass is 199 g/mol. The maximum Gasteiger partial charge on any atom is 0.248 e. The quantitative estimate of drug-likeness (QED) is 0.698. The molecule has 1 amide bonds. The van der Waals surface area contributed by atoms with Gasteiger partial charge in [0.2, 0.25) is 5.91 Å². The summed E-state index contributed by atoms with van der Waals surface area (Å²) in [6, 6.07) is 3.45. The zero-order valence-corrected chi connectivity index (χ0v) is 7.53. The fraction of sp³-hybridized carbons (Fsp3) is 0.222. The van der Waals surface area contributed by atoms with Crippen molar-refractivity contribution in [3.8, 4) is 0 Å². The highest BCUT2D eigenvalue weighted by atomic mass is 19.1. The molecule has 1 aromatic rings. The van der Waals surface area contributed by atoms with Crippen LogP contribution in [0.1, 0.15) is 22.2 Å². The first kappa shape index (κ1) is 10.6. The van der Waals surface area contributed by atoms with E-state index in [4.69, 9.17) is 5.73 Å². The topological polar surface area (TPSA) is 72.6 Å². The molecule has 3 N–H and O–H groups in total. The Morgan fingerprint density at radius 2 is 2.29 bits per heavy atom. The number of ether oxygens (including phenoxy) is 1. The summed E-state index contributed by atoms with van der Waals surface area (Å²) in [5.74, 6) is -1.33. The zero-order valence-electron chi connectivity index (χ0n) is 7.53. The molecule has 0 aliphatic carbocycles. The average Bonchev–Trinajstić information content (AvgIpc) is 2.17. The second-order valence-electron chi connectivity index (χ2n) is 2.69. The third-order valence-electron chi connectivity index (χ3n) is 1.77. The molecule has 1 aromatic carbocycles. The van der Waals surface area contributed by atoms with Gasteiger partial charge in [-0.3, -0.25) is 4.79 Å². The molecule has 0 bridgehead atoms. The highest BCUT2D eigenvalue weighted by Crippen LogP contribution is 2.18. The number of hydrogen-bond donors (Lipinski definition) is 2. The molecule has 4 nitrogen and oxygen atoms in total. The Morgan fingerprint density at radius 1 is 1.64 bits per heavy atom. The maximum absolute atomic E-state index is 13.1. The minimum atomic E-state index is -1.39. The van der Waals surface area contributed by atoms with Crippen LogP contribution in [0.4, 0.5) is 4.39 Å². The fourth-order valence-corrected chi connectivity index (χ4v) is 1.01. The van der Waals surface area contributed by atoms with Crippen LogP contribution < -0.4 is 5.73 Å². The van der Waals surface area contributed by atoms with Gasteiger partial charge >= 0.3 is 0 Å². The number of amides is 1. The van der Waals surface area contributed by atoms with Gasteiger partial charge in [0.05, 0.1) is 0 Å². The van der Waals surface area contributed by atoms with Crippen LogP contribution in [0.2, 0.25) is 0 Å². The predicted molar refractivity (Wildman–Crippen MR) is 46.9 cm³/mol. The van der Waals surface area contributed by atoms with Crippen LogP contribution in [0.15, 0.2) is 18.2 Å². The summed E-state index contributed by atoms with van der Waals surface area (Å²) in [5.41, 5.74) is 5.01. The molecular formula is C9H10FNO3. The fourth-order valence-electron chi connectivity index (χ4n) is 1.01. The Balaban J connectivity index is 3.14. The van der Waals surface area contributed by atoms with E-state index in [9.17, 15) is 14.3 Å². The SMILES string of the molecule is COC(O)c1cc(C(N)=O)ccc1F. The van der Waals surface area contributed by atoms with Crippen LogP contribution in [0.25, 0.3) is 0 Å². The van der Waals surface area contributed by atoms with Crippen molar-refractivity contribution in [2.24, 2.45) is 5.73 Å². The molecule has 0 aliphatic heterocycles. The van der Waals surface area contributed by atoms with Gasteiger partial charge < -0.3 is 15.6 Å². The highest BCUT2D eigenvalue weighted by Gasteiger charge is 2.13. The van der Waals surface area contributed by atoms with Gasteiger partial charge in [-0.25, -0.2) is 4.39 Å². The van der Waals surface area contributed by atoms with Crippen LogP contribution in [-0.2, 0) is 4.74 Å². The first-order valence-electron chi connectivity index (χ1n) is 3.86. The molecule has 14 heavy (non-hydrogen) atoms. The molecule has 0 aliphatic rings. The molecule has 1 unspecified atom stereocenters. The molecule has 5 heteroatoms. The van der Waals surface area contributed by atoms with Gasteiger partial charge in [0.25, 0.3) is 0 Å². The number of rotatable bonds is 3. The minimum absolute atomic E-state index is 0.108. The van der Waals surface area contributed by atoms with E-state index in [1.165, 1.54) is 13.2 Å². The summed E-state index contributed by atoms with van der Waals surface area (Å²) in [7, 11) is 1.22. The summed E-state index contributed by atoms with van der Waals surface area (Å²) < 4.78 is 17.6. The Labute approximate surface area is 80.1 Å². The van der Waals surface area contributed by atoms with Crippen LogP contribution in [0.3, 0.4) is 0 Å². The highest BCUT2D eigenvalue weighted by molar-refractivity contribution is 5.92. The summed E-state index contributed by atoms with van der Waals surface area (Å²) >= 11 is 0. The smallest absolute Gasteiger partial charge is 0.248 e. The van der Waals surface area contributed by atoms with Gasteiger partial charge in [-0.15, -0.1) is 0 Å². The lowest BCUT2D eigenvalue weighted by atomic mass is 10.1. The molecule has 76 valence electrons. The Morgan fingerprint density at radius 3 is 2.79 bits per heavy atom. The summed E-state index contributed by atoms with van der Waals surface area (Å²) in [5, 5.41) is 9.20. The van der Waals surface area contributed by atoms with Gasteiger partial charge in [0.1, 0.15) is 5.82 Å². The number of nitrogens with two attached hydrogens (primary N) is 1. The third kappa shape index (κ3) is 2.07. The number of halogens is 1. The largest absolute Gasteiger partial charge is 0.366 e. The standard InChI is InChI=1S/C9H10FNO3/c1-14-9(13)6-4-5(8(11)12)2-3-7(6)10/h2-4,9,13H,1H3,(H2,11,12). The van der Waals surface area contributed by atoms with Crippen LogP contribution in [-0.4, -0.2) is 18.1 Å². The molecule has 0 spiro atoms. The van der Waals surface area contributed by atoms with E-state index >= 15 is 0 Å². The first-order valence-corrected chi connectivity index (χ1v) is 3.86. The second kappa shape index (κ2) is 4.17. The Kier molecular flexibility index (Phi) is 3.16. The van der Waals surface area contributed by atoms with Gasteiger partial charge in [0.15, 0.2) is 6.29 Å². The van der Waals surface area contributed by atoms with E-state index < -0.39 is 18.0 Å². The van der Waals surface area contributed by atoms with E-state index in [0.717, 1.165) is 12.1 Å². The number of aliphatic hydroxyl groups excluding tert-OH is 1. The van der Waals surface area contributed by atoms with Crippen molar-refractivity contribution >= 4 is 5.91 Å². The number of benzene rings is 1. The second-order valence-corrected chi connectivity index (χ2v) is 2.69. The van der Waals surface area contributed by atoms with Crippen LogP contribution in [0, 0.1) is 5.82 Å². The van der Waals surface area contributed by atoms with Crippen molar-refractivity contribution in [2.45, 2.75) is 6.29 Å². The molecular weight excluding hydrogens is 189 g/mol. The lowest BCUT2D eigenvalue weighted by Gasteiger charge is -2.10. The molecule has 0 radical (unpaired) electrons. The zero-order chi connectivity index (χ0) is 10.7. The number of methoxy groups -OCH3 is 1. The molecule has 1 rings (SSSR count).